The molecule has 0 heterocycles. The number of aryl methyl sites for hydroxylation is 1. The highest BCUT2D eigenvalue weighted by atomic mass is 19.1. The molecular weight excluding hydrogens is 263 g/mol. The van der Waals surface area contributed by atoms with Gasteiger partial charge in [0.05, 0.1) is 5.60 Å². The molecule has 21 heavy (non-hydrogen) atoms. The normalized spacial score (nSPS) is 25.8. The molecule has 2 aromatic carbocycles. The zero-order valence-electron chi connectivity index (χ0n) is 12.3. The Morgan fingerprint density at radius 2 is 1.86 bits per heavy atom. The average Bonchev–Trinajstić information content (AvgIpc) is 2.51. The Hall–Kier alpha value is -1.67. The molecule has 0 bridgehead atoms. The average molecular weight is 284 g/mol. The van der Waals surface area contributed by atoms with Gasteiger partial charge in [-0.3, -0.25) is 0 Å². The first kappa shape index (κ1) is 14.3. The summed E-state index contributed by atoms with van der Waals surface area (Å²) in [7, 11) is 0. The van der Waals surface area contributed by atoms with Gasteiger partial charge in [-0.1, -0.05) is 60.9 Å². The van der Waals surface area contributed by atoms with E-state index < -0.39 is 5.60 Å². The summed E-state index contributed by atoms with van der Waals surface area (Å²) in [5.74, 6) is -0.338. The van der Waals surface area contributed by atoms with Crippen LogP contribution in [0.4, 0.5) is 4.39 Å². The Bertz CT molecular complexity index is 623. The van der Waals surface area contributed by atoms with Crippen LogP contribution in [0.5, 0.6) is 0 Å². The van der Waals surface area contributed by atoms with Crippen molar-refractivity contribution in [2.24, 2.45) is 0 Å². The van der Waals surface area contributed by atoms with E-state index in [1.165, 1.54) is 6.07 Å². The molecule has 0 saturated heterocycles. The van der Waals surface area contributed by atoms with Crippen LogP contribution in [0.1, 0.15) is 48.3 Å². The third-order valence-electron chi connectivity index (χ3n) is 4.67. The van der Waals surface area contributed by atoms with Gasteiger partial charge in [0.2, 0.25) is 0 Å². The Labute approximate surface area is 125 Å². The first-order valence-corrected chi connectivity index (χ1v) is 7.65. The molecule has 1 fully saturated rings. The molecule has 3 rings (SSSR count). The van der Waals surface area contributed by atoms with Crippen LogP contribution in [0, 0.1) is 12.7 Å². The Morgan fingerprint density at radius 3 is 2.62 bits per heavy atom. The third kappa shape index (κ3) is 2.60. The van der Waals surface area contributed by atoms with Gasteiger partial charge in [0.25, 0.3) is 0 Å². The van der Waals surface area contributed by atoms with Gasteiger partial charge in [0, 0.05) is 11.5 Å². The predicted octanol–water partition coefficient (Wildman–Crippen LogP) is 4.68. The SMILES string of the molecule is Cc1ccc(F)c(C2(O)CCCCC2c2ccccc2)c1. The molecule has 0 aromatic heterocycles. The number of rotatable bonds is 2. The van der Waals surface area contributed by atoms with Crippen molar-refractivity contribution in [3.8, 4) is 0 Å². The minimum atomic E-state index is -1.10. The van der Waals surface area contributed by atoms with Crippen LogP contribution in [0.2, 0.25) is 0 Å². The number of aliphatic hydroxyl groups is 1. The van der Waals surface area contributed by atoms with E-state index in [0.29, 0.717) is 12.0 Å². The minimum Gasteiger partial charge on any atom is -0.384 e. The Morgan fingerprint density at radius 1 is 1.10 bits per heavy atom. The lowest BCUT2D eigenvalue weighted by Crippen LogP contribution is -2.37. The van der Waals surface area contributed by atoms with Crippen LogP contribution < -0.4 is 0 Å². The topological polar surface area (TPSA) is 20.2 Å². The maximum atomic E-state index is 14.3. The van der Waals surface area contributed by atoms with Crippen molar-refractivity contribution in [2.45, 2.75) is 44.1 Å². The van der Waals surface area contributed by atoms with Gasteiger partial charge in [0.15, 0.2) is 0 Å². The van der Waals surface area contributed by atoms with E-state index in [2.05, 4.69) is 0 Å². The first-order chi connectivity index (χ1) is 10.1. The van der Waals surface area contributed by atoms with Crippen LogP contribution in [0.25, 0.3) is 0 Å². The van der Waals surface area contributed by atoms with Crippen molar-refractivity contribution in [3.63, 3.8) is 0 Å². The van der Waals surface area contributed by atoms with Crippen molar-refractivity contribution < 1.29 is 9.50 Å². The van der Waals surface area contributed by atoms with Crippen LogP contribution in [-0.2, 0) is 5.60 Å². The Balaban J connectivity index is 2.09. The van der Waals surface area contributed by atoms with E-state index >= 15 is 0 Å². The quantitative estimate of drug-likeness (QED) is 0.849. The van der Waals surface area contributed by atoms with Gasteiger partial charge in [-0.25, -0.2) is 4.39 Å². The third-order valence-corrected chi connectivity index (χ3v) is 4.67. The molecule has 2 unspecified atom stereocenters. The standard InChI is InChI=1S/C19H21FO/c1-14-10-11-18(20)17(13-14)19(21)12-6-5-9-16(19)15-7-3-2-4-8-15/h2-4,7-8,10-11,13,16,21H,5-6,9,12H2,1H3. The summed E-state index contributed by atoms with van der Waals surface area (Å²) in [6, 6.07) is 15.0. The summed E-state index contributed by atoms with van der Waals surface area (Å²) in [5, 5.41) is 11.3. The fraction of sp³-hybridized carbons (Fsp3) is 0.368. The monoisotopic (exact) mass is 284 g/mol. The lowest BCUT2D eigenvalue weighted by molar-refractivity contribution is -0.0253. The summed E-state index contributed by atoms with van der Waals surface area (Å²) in [6.45, 7) is 1.94. The number of halogens is 1. The highest BCUT2D eigenvalue weighted by Crippen LogP contribution is 2.48. The summed E-state index contributed by atoms with van der Waals surface area (Å²) >= 11 is 0. The van der Waals surface area contributed by atoms with Gasteiger partial charge in [-0.05, 0) is 31.4 Å². The molecule has 0 aliphatic heterocycles. The van der Waals surface area contributed by atoms with Crippen LogP contribution in [0.15, 0.2) is 48.5 Å². The highest BCUT2D eigenvalue weighted by molar-refractivity contribution is 5.35. The fourth-order valence-corrected chi connectivity index (χ4v) is 3.58. The lowest BCUT2D eigenvalue weighted by atomic mass is 9.68. The molecule has 1 aliphatic carbocycles. The van der Waals surface area contributed by atoms with Gasteiger partial charge in [0.1, 0.15) is 5.82 Å². The molecule has 110 valence electrons. The van der Waals surface area contributed by atoms with Crippen molar-refractivity contribution in [2.75, 3.05) is 0 Å². The molecule has 2 heteroatoms. The molecule has 1 aliphatic rings. The fourth-order valence-electron chi connectivity index (χ4n) is 3.58. The second-order valence-corrected chi connectivity index (χ2v) is 6.12. The number of benzene rings is 2. The lowest BCUT2D eigenvalue weighted by Gasteiger charge is -2.41. The van der Waals surface area contributed by atoms with Gasteiger partial charge >= 0.3 is 0 Å². The molecule has 1 saturated carbocycles. The van der Waals surface area contributed by atoms with E-state index in [1.54, 1.807) is 12.1 Å². The summed E-state index contributed by atoms with van der Waals surface area (Å²) in [6.07, 6.45) is 3.53. The van der Waals surface area contributed by atoms with Gasteiger partial charge < -0.3 is 5.11 Å². The summed E-state index contributed by atoms with van der Waals surface area (Å²) < 4.78 is 14.3. The van der Waals surface area contributed by atoms with Gasteiger partial charge in [-0.15, -0.1) is 0 Å². The van der Waals surface area contributed by atoms with Gasteiger partial charge in [-0.2, -0.15) is 0 Å². The number of hydrogen-bond acceptors (Lipinski definition) is 1. The maximum absolute atomic E-state index is 14.3. The van der Waals surface area contributed by atoms with Crippen molar-refractivity contribution in [1.82, 2.24) is 0 Å². The molecule has 2 aromatic rings. The molecular formula is C19H21FO. The first-order valence-electron chi connectivity index (χ1n) is 7.65. The predicted molar refractivity (Wildman–Crippen MR) is 82.7 cm³/mol. The zero-order valence-corrected chi connectivity index (χ0v) is 12.3. The van der Waals surface area contributed by atoms with Crippen molar-refractivity contribution >= 4 is 0 Å². The van der Waals surface area contributed by atoms with E-state index in [9.17, 15) is 9.50 Å². The van der Waals surface area contributed by atoms with E-state index in [4.69, 9.17) is 0 Å². The molecule has 0 spiro atoms. The Kier molecular flexibility index (Phi) is 3.81. The van der Waals surface area contributed by atoms with Crippen LogP contribution in [-0.4, -0.2) is 5.11 Å². The van der Waals surface area contributed by atoms with E-state index in [1.807, 2.05) is 37.3 Å². The van der Waals surface area contributed by atoms with Crippen LogP contribution in [0.3, 0.4) is 0 Å². The highest BCUT2D eigenvalue weighted by Gasteiger charge is 2.42. The summed E-state index contributed by atoms with van der Waals surface area (Å²) in [4.78, 5) is 0. The second-order valence-electron chi connectivity index (χ2n) is 6.12. The van der Waals surface area contributed by atoms with E-state index in [0.717, 1.165) is 30.4 Å². The van der Waals surface area contributed by atoms with E-state index in [-0.39, 0.29) is 11.7 Å². The largest absolute Gasteiger partial charge is 0.384 e. The molecule has 2 atom stereocenters. The minimum absolute atomic E-state index is 0.0382. The summed E-state index contributed by atoms with van der Waals surface area (Å²) in [5.41, 5.74) is 1.43. The molecule has 1 N–H and O–H groups in total. The van der Waals surface area contributed by atoms with Crippen molar-refractivity contribution in [3.05, 3.63) is 71.0 Å². The molecule has 0 amide bonds. The molecule has 1 nitrogen and oxygen atoms in total. The second kappa shape index (κ2) is 5.61. The smallest absolute Gasteiger partial charge is 0.129 e. The molecule has 0 radical (unpaired) electrons. The van der Waals surface area contributed by atoms with Crippen molar-refractivity contribution in [1.29, 1.82) is 0 Å². The maximum Gasteiger partial charge on any atom is 0.129 e. The van der Waals surface area contributed by atoms with Crippen LogP contribution >= 0.6 is 0 Å². The number of hydrogen-bond donors (Lipinski definition) is 1. The zero-order chi connectivity index (χ0) is 14.9.